The minimum Gasteiger partial charge on any atom is -0.394 e. The standard InChI is InChI=1S/C24H29N7O2/c1-16(2)31-15-27-21-22(28-24(29-23(21)31)26-12-19(33)14-32)30(3)13-17-7-9-18(10-8-17)20-6-4-5-11-25-20/h4-11,15-16,19,32-33H,12-14H2,1-3H3,(H,26,28,29)/t19-/m0/s1. The number of anilines is 2. The van der Waals surface area contributed by atoms with Gasteiger partial charge in [-0.1, -0.05) is 30.3 Å². The molecule has 1 aromatic carbocycles. The van der Waals surface area contributed by atoms with Crippen molar-refractivity contribution >= 4 is 22.9 Å². The van der Waals surface area contributed by atoms with Crippen LogP contribution in [-0.2, 0) is 6.54 Å². The molecule has 0 aliphatic heterocycles. The monoisotopic (exact) mass is 447 g/mol. The lowest BCUT2D eigenvalue weighted by Gasteiger charge is -2.20. The first-order chi connectivity index (χ1) is 16.0. The summed E-state index contributed by atoms with van der Waals surface area (Å²) in [5.41, 5.74) is 4.56. The van der Waals surface area contributed by atoms with Crippen molar-refractivity contribution in [2.75, 3.05) is 30.4 Å². The molecule has 172 valence electrons. The third kappa shape index (κ3) is 5.10. The van der Waals surface area contributed by atoms with Crippen molar-refractivity contribution in [3.05, 3.63) is 60.6 Å². The molecule has 0 bridgehead atoms. The fourth-order valence-corrected chi connectivity index (χ4v) is 3.56. The molecular formula is C24H29N7O2. The lowest BCUT2D eigenvalue weighted by atomic mass is 10.1. The van der Waals surface area contributed by atoms with E-state index in [4.69, 9.17) is 5.11 Å². The number of hydrogen-bond donors (Lipinski definition) is 3. The Morgan fingerprint density at radius 3 is 2.52 bits per heavy atom. The van der Waals surface area contributed by atoms with Gasteiger partial charge in [0.25, 0.3) is 0 Å². The van der Waals surface area contributed by atoms with Crippen LogP contribution in [-0.4, -0.2) is 61.0 Å². The smallest absolute Gasteiger partial charge is 0.226 e. The number of nitrogens with zero attached hydrogens (tertiary/aromatic N) is 6. The fourth-order valence-electron chi connectivity index (χ4n) is 3.56. The van der Waals surface area contributed by atoms with E-state index in [0.29, 0.717) is 29.5 Å². The molecule has 0 aliphatic carbocycles. The highest BCUT2D eigenvalue weighted by Crippen LogP contribution is 2.27. The molecule has 0 unspecified atom stereocenters. The van der Waals surface area contributed by atoms with Gasteiger partial charge in [0, 0.05) is 37.9 Å². The third-order valence-corrected chi connectivity index (χ3v) is 5.36. The Kier molecular flexibility index (Phi) is 6.81. The van der Waals surface area contributed by atoms with Gasteiger partial charge in [0.05, 0.1) is 24.7 Å². The zero-order chi connectivity index (χ0) is 23.4. The van der Waals surface area contributed by atoms with Gasteiger partial charge in [-0.2, -0.15) is 9.97 Å². The highest BCUT2D eigenvalue weighted by molar-refractivity contribution is 5.85. The lowest BCUT2D eigenvalue weighted by Crippen LogP contribution is -2.25. The Bertz CT molecular complexity index is 1190. The van der Waals surface area contributed by atoms with Gasteiger partial charge in [-0.05, 0) is 31.5 Å². The molecule has 0 amide bonds. The van der Waals surface area contributed by atoms with E-state index in [0.717, 1.165) is 16.8 Å². The lowest BCUT2D eigenvalue weighted by molar-refractivity contribution is 0.105. The number of aliphatic hydroxyl groups is 2. The van der Waals surface area contributed by atoms with Crippen molar-refractivity contribution in [2.24, 2.45) is 0 Å². The van der Waals surface area contributed by atoms with E-state index < -0.39 is 6.10 Å². The second kappa shape index (κ2) is 9.93. The third-order valence-electron chi connectivity index (χ3n) is 5.36. The van der Waals surface area contributed by atoms with Crippen LogP contribution in [0, 0.1) is 0 Å². The molecule has 0 spiro atoms. The molecule has 9 heteroatoms. The largest absolute Gasteiger partial charge is 0.394 e. The number of benzene rings is 1. The molecule has 0 saturated heterocycles. The van der Waals surface area contributed by atoms with Crippen molar-refractivity contribution in [1.29, 1.82) is 0 Å². The van der Waals surface area contributed by atoms with Crippen molar-refractivity contribution in [3.8, 4) is 11.3 Å². The molecule has 1 atom stereocenters. The highest BCUT2D eigenvalue weighted by Gasteiger charge is 2.18. The predicted molar refractivity (Wildman–Crippen MR) is 129 cm³/mol. The van der Waals surface area contributed by atoms with E-state index in [1.165, 1.54) is 0 Å². The molecule has 0 radical (unpaired) electrons. The number of aliphatic hydroxyl groups excluding tert-OH is 2. The number of nitrogens with one attached hydrogen (secondary N) is 1. The summed E-state index contributed by atoms with van der Waals surface area (Å²) in [6, 6.07) is 14.4. The van der Waals surface area contributed by atoms with Crippen LogP contribution < -0.4 is 10.2 Å². The van der Waals surface area contributed by atoms with Gasteiger partial charge in [0.15, 0.2) is 17.0 Å². The quantitative estimate of drug-likeness (QED) is 0.359. The van der Waals surface area contributed by atoms with Crippen LogP contribution in [0.3, 0.4) is 0 Å². The molecule has 0 aliphatic rings. The van der Waals surface area contributed by atoms with Crippen LogP contribution >= 0.6 is 0 Å². The zero-order valence-corrected chi connectivity index (χ0v) is 19.0. The van der Waals surface area contributed by atoms with Crippen molar-refractivity contribution in [3.63, 3.8) is 0 Å². The summed E-state index contributed by atoms with van der Waals surface area (Å²) >= 11 is 0. The van der Waals surface area contributed by atoms with Gasteiger partial charge in [0.1, 0.15) is 0 Å². The number of aromatic nitrogens is 5. The minimum atomic E-state index is -0.891. The van der Waals surface area contributed by atoms with Crippen LogP contribution in [0.15, 0.2) is 55.0 Å². The Balaban J connectivity index is 1.61. The maximum atomic E-state index is 9.71. The average molecular weight is 448 g/mol. The Morgan fingerprint density at radius 1 is 1.06 bits per heavy atom. The molecule has 4 aromatic rings. The molecule has 3 N–H and O–H groups in total. The van der Waals surface area contributed by atoms with Gasteiger partial charge < -0.3 is 25.0 Å². The summed E-state index contributed by atoms with van der Waals surface area (Å²) < 4.78 is 1.99. The average Bonchev–Trinajstić information content (AvgIpc) is 3.27. The van der Waals surface area contributed by atoms with Gasteiger partial charge in [-0.15, -0.1) is 0 Å². The zero-order valence-electron chi connectivity index (χ0n) is 19.0. The maximum Gasteiger partial charge on any atom is 0.226 e. The first kappa shape index (κ1) is 22.6. The molecule has 3 heterocycles. The van der Waals surface area contributed by atoms with Gasteiger partial charge in [0.2, 0.25) is 5.95 Å². The first-order valence-corrected chi connectivity index (χ1v) is 10.9. The van der Waals surface area contributed by atoms with Gasteiger partial charge in [-0.25, -0.2) is 4.98 Å². The normalized spacial score (nSPS) is 12.3. The molecule has 0 fully saturated rings. The van der Waals surface area contributed by atoms with Gasteiger partial charge >= 0.3 is 0 Å². The predicted octanol–water partition coefficient (Wildman–Crippen LogP) is 2.87. The number of hydrogen-bond acceptors (Lipinski definition) is 8. The van der Waals surface area contributed by atoms with E-state index in [9.17, 15) is 5.11 Å². The fraction of sp³-hybridized carbons (Fsp3) is 0.333. The van der Waals surface area contributed by atoms with Crippen molar-refractivity contribution in [2.45, 2.75) is 32.5 Å². The summed E-state index contributed by atoms with van der Waals surface area (Å²) in [5.74, 6) is 1.07. The Hall–Kier alpha value is -3.56. The first-order valence-electron chi connectivity index (χ1n) is 10.9. The van der Waals surface area contributed by atoms with Crippen LogP contribution in [0.4, 0.5) is 11.8 Å². The number of fused-ring (bicyclic) bond motifs is 1. The Labute approximate surface area is 192 Å². The number of imidazole rings is 1. The van der Waals surface area contributed by atoms with E-state index in [1.807, 2.05) is 34.7 Å². The number of rotatable bonds is 9. The second-order valence-electron chi connectivity index (χ2n) is 8.27. The second-order valence-corrected chi connectivity index (χ2v) is 8.27. The van der Waals surface area contributed by atoms with E-state index in [-0.39, 0.29) is 19.2 Å². The Morgan fingerprint density at radius 2 is 1.85 bits per heavy atom. The summed E-state index contributed by atoms with van der Waals surface area (Å²) in [6.07, 6.45) is 2.67. The van der Waals surface area contributed by atoms with Crippen molar-refractivity contribution in [1.82, 2.24) is 24.5 Å². The maximum absolute atomic E-state index is 9.71. The molecule has 9 nitrogen and oxygen atoms in total. The SMILES string of the molecule is CC(C)n1cnc2c(N(C)Cc3ccc(-c4ccccn4)cc3)nc(NC[C@H](O)CO)nc21. The molecule has 0 saturated carbocycles. The summed E-state index contributed by atoms with van der Waals surface area (Å²) in [6.45, 7) is 4.58. The summed E-state index contributed by atoms with van der Waals surface area (Å²) in [5, 5.41) is 21.8. The molecular weight excluding hydrogens is 418 g/mol. The highest BCUT2D eigenvalue weighted by atomic mass is 16.3. The van der Waals surface area contributed by atoms with E-state index >= 15 is 0 Å². The molecule has 3 aromatic heterocycles. The van der Waals surface area contributed by atoms with Crippen LogP contribution in [0.5, 0.6) is 0 Å². The minimum absolute atomic E-state index is 0.149. The van der Waals surface area contributed by atoms with E-state index in [2.05, 4.69) is 63.4 Å². The summed E-state index contributed by atoms with van der Waals surface area (Å²) in [7, 11) is 1.97. The van der Waals surface area contributed by atoms with Crippen LogP contribution in [0.2, 0.25) is 0 Å². The number of pyridine rings is 1. The topological polar surface area (TPSA) is 112 Å². The molecule has 33 heavy (non-hydrogen) atoms. The van der Waals surface area contributed by atoms with Crippen LogP contribution in [0.25, 0.3) is 22.4 Å². The van der Waals surface area contributed by atoms with Crippen molar-refractivity contribution < 1.29 is 10.2 Å². The van der Waals surface area contributed by atoms with E-state index in [1.54, 1.807) is 12.5 Å². The van der Waals surface area contributed by atoms with Crippen LogP contribution in [0.1, 0.15) is 25.5 Å². The van der Waals surface area contributed by atoms with Gasteiger partial charge in [-0.3, -0.25) is 4.98 Å². The summed E-state index contributed by atoms with van der Waals surface area (Å²) in [4.78, 5) is 20.3. The molecule has 4 rings (SSSR count).